The molecule has 3 N–H and O–H groups in total. The largest absolute Gasteiger partial charge is 0.461 e. The number of aromatic nitrogens is 2. The molecule has 2 rings (SSSR count). The highest BCUT2D eigenvalue weighted by Gasteiger charge is 2.57. The molecule has 1 atom stereocenters. The number of amides is 1. The number of esters is 1. The number of nitrogens with two attached hydrogens (primary N) is 1. The molecule has 1 aromatic heterocycles. The van der Waals surface area contributed by atoms with Crippen molar-refractivity contribution in [2.24, 2.45) is 0 Å². The van der Waals surface area contributed by atoms with Crippen LogP contribution in [0, 0.1) is 0 Å². The van der Waals surface area contributed by atoms with Crippen molar-refractivity contribution < 1.29 is 32.0 Å². The van der Waals surface area contributed by atoms with Crippen LogP contribution in [0.3, 0.4) is 0 Å². The van der Waals surface area contributed by atoms with Crippen LogP contribution in [0.15, 0.2) is 17.1 Å². The second-order valence-corrected chi connectivity index (χ2v) is 20.3. The summed E-state index contributed by atoms with van der Waals surface area (Å²) >= 11 is 0. The summed E-state index contributed by atoms with van der Waals surface area (Å²) in [4.78, 5) is 40.4. The number of carbonyl (C=O) groups excluding carboxylic acids is 2. The van der Waals surface area contributed by atoms with Crippen molar-refractivity contribution in [2.75, 3.05) is 32.6 Å². The van der Waals surface area contributed by atoms with E-state index in [2.05, 4.69) is 65.7 Å². The molecule has 1 aliphatic heterocycles. The third kappa shape index (κ3) is 8.22. The Kier molecular flexibility index (Phi) is 12.5. The Balaban J connectivity index is 2.40. The first-order chi connectivity index (χ1) is 18.7. The van der Waals surface area contributed by atoms with Crippen LogP contribution < -0.4 is 16.7 Å². The first-order valence-corrected chi connectivity index (χ1v) is 18.0. The molecule has 2 heterocycles. The fraction of sp³-hybridized carbons (Fsp3) is 0.769. The monoisotopic (exact) mass is 600 g/mol. The number of rotatable bonds is 12. The summed E-state index contributed by atoms with van der Waals surface area (Å²) in [5, 5.41) is 2.47. The summed E-state index contributed by atoms with van der Waals surface area (Å²) in [5.41, 5.74) is 5.66. The zero-order chi connectivity index (χ0) is 30.3. The predicted molar refractivity (Wildman–Crippen MR) is 156 cm³/mol. The van der Waals surface area contributed by atoms with Gasteiger partial charge in [0.15, 0.2) is 6.23 Å². The third-order valence-corrected chi connectivity index (χ3v) is 17.5. The lowest BCUT2D eigenvalue weighted by atomic mass is 10.3. The Morgan fingerprint density at radius 1 is 1.02 bits per heavy atom. The van der Waals surface area contributed by atoms with Gasteiger partial charge in [0, 0.05) is 19.7 Å². The van der Waals surface area contributed by atoms with E-state index >= 15 is 0 Å². The van der Waals surface area contributed by atoms with E-state index < -0.39 is 41.1 Å². The van der Waals surface area contributed by atoms with Gasteiger partial charge in [-0.3, -0.25) is 14.2 Å². The average Bonchev–Trinajstić information content (AvgIpc) is 2.86. The number of hydrogen-bond acceptors (Lipinski definition) is 10. The molecule has 1 aromatic rings. The van der Waals surface area contributed by atoms with E-state index in [4.69, 9.17) is 28.2 Å². The number of nitrogen functional groups attached to an aromatic ring is 1. The smallest absolute Gasteiger partial charge is 0.351 e. The van der Waals surface area contributed by atoms with Gasteiger partial charge >= 0.3 is 28.8 Å². The topological polar surface area (TPSA) is 153 Å². The van der Waals surface area contributed by atoms with Crippen LogP contribution in [-0.2, 0) is 32.0 Å². The van der Waals surface area contributed by atoms with Crippen molar-refractivity contribution >= 4 is 34.8 Å². The lowest BCUT2D eigenvalue weighted by Gasteiger charge is -2.50. The highest BCUT2D eigenvalue weighted by atomic mass is 28.5. The van der Waals surface area contributed by atoms with E-state index in [0.717, 1.165) is 0 Å². The van der Waals surface area contributed by atoms with Crippen molar-refractivity contribution in [1.82, 2.24) is 14.9 Å². The minimum atomic E-state index is -2.80. The molecule has 0 saturated carbocycles. The van der Waals surface area contributed by atoms with Gasteiger partial charge < -0.3 is 33.5 Å². The standard InChI is InChI=1S/C26H48N4O8Si2/c1-17(2)39(18(3)4)35-14-21(15-36-40(38-39,19(5)6)20(7)8)37-24(30-13-12-22(27)29-26(30)33)16-34-25(32)11-10-23(31)28-9/h12-13,17-21,24H,10-11,14-16H2,1-9H3,(H,28,31)(H2,27,29,33). The summed E-state index contributed by atoms with van der Waals surface area (Å²) < 4.78 is 33.6. The first-order valence-electron chi connectivity index (χ1n) is 14.0. The molecule has 40 heavy (non-hydrogen) atoms. The Labute approximate surface area is 239 Å². The van der Waals surface area contributed by atoms with Crippen LogP contribution in [0.5, 0.6) is 0 Å². The maximum atomic E-state index is 12.7. The van der Waals surface area contributed by atoms with Crippen LogP contribution in [0.4, 0.5) is 5.82 Å². The molecule has 0 aliphatic carbocycles. The van der Waals surface area contributed by atoms with E-state index in [0.29, 0.717) is 0 Å². The normalized spacial score (nSPS) is 18.5. The van der Waals surface area contributed by atoms with E-state index in [1.165, 1.54) is 23.9 Å². The van der Waals surface area contributed by atoms with Gasteiger partial charge in [-0.05, 0) is 28.2 Å². The number of hydrogen-bond donors (Lipinski definition) is 2. The fourth-order valence-corrected chi connectivity index (χ4v) is 16.1. The quantitative estimate of drug-likeness (QED) is 0.270. The zero-order valence-electron chi connectivity index (χ0n) is 25.4. The zero-order valence-corrected chi connectivity index (χ0v) is 27.4. The Morgan fingerprint density at radius 3 is 2.00 bits per heavy atom. The summed E-state index contributed by atoms with van der Waals surface area (Å²) in [7, 11) is -4.10. The van der Waals surface area contributed by atoms with Crippen LogP contribution >= 0.6 is 0 Å². The number of ether oxygens (including phenoxy) is 2. The maximum Gasteiger partial charge on any atom is 0.351 e. The van der Waals surface area contributed by atoms with E-state index in [9.17, 15) is 14.4 Å². The Bertz CT molecular complexity index is 1000. The van der Waals surface area contributed by atoms with Crippen molar-refractivity contribution in [1.29, 1.82) is 0 Å². The highest BCUT2D eigenvalue weighted by Crippen LogP contribution is 2.45. The van der Waals surface area contributed by atoms with Gasteiger partial charge in [0.05, 0.1) is 19.6 Å². The second-order valence-electron chi connectivity index (χ2n) is 11.4. The summed E-state index contributed by atoms with van der Waals surface area (Å²) in [5.74, 6) is -0.809. The molecule has 1 saturated heterocycles. The van der Waals surface area contributed by atoms with Gasteiger partial charge in [0.1, 0.15) is 18.5 Å². The molecular weight excluding hydrogens is 552 g/mol. The molecule has 14 heteroatoms. The number of anilines is 1. The summed E-state index contributed by atoms with van der Waals surface area (Å²) in [6.07, 6.45) is -0.281. The molecule has 12 nitrogen and oxygen atoms in total. The number of nitrogens with one attached hydrogen (secondary N) is 1. The van der Waals surface area contributed by atoms with E-state index in [1.54, 1.807) is 0 Å². The van der Waals surface area contributed by atoms with Crippen LogP contribution in [-0.4, -0.2) is 71.5 Å². The van der Waals surface area contributed by atoms with Crippen molar-refractivity contribution in [3.05, 3.63) is 22.7 Å². The van der Waals surface area contributed by atoms with Crippen LogP contribution in [0.2, 0.25) is 22.2 Å². The molecule has 1 aliphatic rings. The number of nitrogens with zero attached hydrogens (tertiary/aromatic N) is 2. The van der Waals surface area contributed by atoms with Gasteiger partial charge in [-0.25, -0.2) is 4.79 Å². The molecule has 0 spiro atoms. The third-order valence-electron chi connectivity index (χ3n) is 7.26. The molecule has 1 unspecified atom stereocenters. The minimum Gasteiger partial charge on any atom is -0.461 e. The van der Waals surface area contributed by atoms with Gasteiger partial charge in [-0.15, -0.1) is 0 Å². The lowest BCUT2D eigenvalue weighted by molar-refractivity contribution is -0.160. The second kappa shape index (κ2) is 14.7. The summed E-state index contributed by atoms with van der Waals surface area (Å²) in [6, 6.07) is 1.47. The Morgan fingerprint density at radius 2 is 1.55 bits per heavy atom. The van der Waals surface area contributed by atoms with E-state index in [1.807, 2.05) is 0 Å². The molecule has 0 radical (unpaired) electrons. The van der Waals surface area contributed by atoms with Crippen LogP contribution in [0.1, 0.15) is 74.5 Å². The molecule has 1 amide bonds. The van der Waals surface area contributed by atoms with Crippen molar-refractivity contribution in [3.8, 4) is 0 Å². The van der Waals surface area contributed by atoms with Crippen molar-refractivity contribution in [2.45, 2.75) is 103 Å². The number of carbonyl (C=O) groups is 2. The maximum absolute atomic E-state index is 12.7. The fourth-order valence-electron chi connectivity index (χ4n) is 4.98. The highest BCUT2D eigenvalue weighted by molar-refractivity contribution is 6.83. The van der Waals surface area contributed by atoms with Gasteiger partial charge in [-0.1, -0.05) is 55.4 Å². The van der Waals surface area contributed by atoms with E-state index in [-0.39, 0.29) is 66.6 Å². The SMILES string of the molecule is CNC(=O)CCC(=O)OCC(OC1CO[Si](C(C)C)(C(C)C)O[Si](C(C)C)(C(C)C)OC1)n1ccc(N)nc1=O. The first kappa shape index (κ1) is 34.1. The summed E-state index contributed by atoms with van der Waals surface area (Å²) in [6.45, 7) is 17.1. The predicted octanol–water partition coefficient (Wildman–Crippen LogP) is 3.37. The van der Waals surface area contributed by atoms with Gasteiger partial charge in [0.2, 0.25) is 5.91 Å². The Hall–Kier alpha value is -2.11. The lowest BCUT2D eigenvalue weighted by Crippen LogP contribution is -2.64. The average molecular weight is 601 g/mol. The molecule has 0 bridgehead atoms. The molecule has 228 valence electrons. The van der Waals surface area contributed by atoms with Gasteiger partial charge in [0.25, 0.3) is 0 Å². The van der Waals surface area contributed by atoms with Crippen molar-refractivity contribution in [3.63, 3.8) is 0 Å². The minimum absolute atomic E-state index is 0.0111. The molecule has 1 fully saturated rings. The molecule has 0 aromatic carbocycles. The van der Waals surface area contributed by atoms with Crippen LogP contribution in [0.25, 0.3) is 0 Å². The molecular formula is C26H48N4O8Si2. The van der Waals surface area contributed by atoms with Gasteiger partial charge in [-0.2, -0.15) is 4.98 Å².